The second-order valence-electron chi connectivity index (χ2n) is 10.2. The van der Waals surface area contributed by atoms with E-state index in [2.05, 4.69) is 48.5 Å². The average molecular weight is 592 g/mol. The Morgan fingerprint density at radius 3 is 1.42 bits per heavy atom. The number of anilines is 1. The highest BCUT2D eigenvalue weighted by Crippen LogP contribution is 2.43. The minimum absolute atomic E-state index is 0.179. The summed E-state index contributed by atoms with van der Waals surface area (Å²) in [6.45, 7) is 0. The van der Waals surface area contributed by atoms with E-state index in [0.29, 0.717) is 22.4 Å². The van der Waals surface area contributed by atoms with Crippen molar-refractivity contribution in [2.75, 3.05) is 5.73 Å². The van der Waals surface area contributed by atoms with Crippen LogP contribution in [-0.4, -0.2) is 11.6 Å². The normalized spacial score (nSPS) is 12.1. The van der Waals surface area contributed by atoms with Gasteiger partial charge in [0, 0.05) is 42.0 Å². The van der Waals surface area contributed by atoms with E-state index in [4.69, 9.17) is 5.73 Å². The van der Waals surface area contributed by atoms with E-state index >= 15 is 0 Å². The molecule has 0 fully saturated rings. The van der Waals surface area contributed by atoms with E-state index in [9.17, 15) is 9.59 Å². The molecule has 1 aliphatic carbocycles. The van der Waals surface area contributed by atoms with Gasteiger partial charge in [0.25, 0.3) is 0 Å². The Morgan fingerprint density at radius 2 is 0.884 bits per heavy atom. The van der Waals surface area contributed by atoms with Crippen LogP contribution in [0.1, 0.15) is 31.8 Å². The molecule has 0 radical (unpaired) electrons. The van der Waals surface area contributed by atoms with Crippen LogP contribution in [-0.2, 0) is 0 Å². The number of nitrogen functional groups attached to an aromatic ring is 1. The largest absolute Gasteiger partial charge is 0.398 e. The standard InChI is InChI=1S/C38H25NO2S2/c39-31-22-23-33(43-29-20-16-27(17-21-29)25-10-5-2-6-11-25)36-35(31)38(41)34-30(37(36)40)12-7-13-32(34)42-28-18-14-26(15-19-28)24-8-3-1-4-9-24/h1-23H,39H2. The van der Waals surface area contributed by atoms with Gasteiger partial charge in [-0.3, -0.25) is 9.59 Å². The van der Waals surface area contributed by atoms with Gasteiger partial charge in [0.05, 0.1) is 5.56 Å². The minimum Gasteiger partial charge on any atom is -0.398 e. The van der Waals surface area contributed by atoms with Crippen LogP contribution in [0.25, 0.3) is 22.3 Å². The van der Waals surface area contributed by atoms with E-state index in [1.807, 2.05) is 78.9 Å². The van der Waals surface area contributed by atoms with Crippen LogP contribution in [0, 0.1) is 0 Å². The van der Waals surface area contributed by atoms with E-state index in [0.717, 1.165) is 41.8 Å². The average Bonchev–Trinajstić information content (AvgIpc) is 3.06. The molecule has 0 atom stereocenters. The first-order valence-corrected chi connectivity index (χ1v) is 15.5. The first-order chi connectivity index (χ1) is 21.1. The molecule has 2 N–H and O–H groups in total. The molecule has 0 unspecified atom stereocenters. The topological polar surface area (TPSA) is 60.2 Å². The number of ketones is 2. The van der Waals surface area contributed by atoms with Gasteiger partial charge in [0.1, 0.15) is 0 Å². The molecule has 0 spiro atoms. The predicted molar refractivity (Wildman–Crippen MR) is 176 cm³/mol. The molecule has 0 aromatic heterocycles. The summed E-state index contributed by atoms with van der Waals surface area (Å²) < 4.78 is 0. The number of hydrogen-bond acceptors (Lipinski definition) is 5. The van der Waals surface area contributed by atoms with Crippen molar-refractivity contribution in [1.82, 2.24) is 0 Å². The fourth-order valence-electron chi connectivity index (χ4n) is 5.40. The van der Waals surface area contributed by atoms with E-state index in [1.54, 1.807) is 12.1 Å². The van der Waals surface area contributed by atoms with E-state index < -0.39 is 0 Å². The summed E-state index contributed by atoms with van der Waals surface area (Å²) in [6, 6.07) is 45.9. The maximum Gasteiger partial charge on any atom is 0.197 e. The van der Waals surface area contributed by atoms with Gasteiger partial charge in [-0.25, -0.2) is 0 Å². The molecule has 0 heterocycles. The van der Waals surface area contributed by atoms with Gasteiger partial charge in [0.15, 0.2) is 11.6 Å². The van der Waals surface area contributed by atoms with Gasteiger partial charge in [-0.05, 0) is 64.7 Å². The number of fused-ring (bicyclic) bond motifs is 2. The third kappa shape index (κ3) is 5.18. The highest BCUT2D eigenvalue weighted by Gasteiger charge is 2.35. The fourth-order valence-corrected chi connectivity index (χ4v) is 7.34. The molecule has 5 heteroatoms. The number of carbonyl (C=O) groups is 2. The Morgan fingerprint density at radius 1 is 0.395 bits per heavy atom. The number of carbonyl (C=O) groups excluding carboxylic acids is 2. The van der Waals surface area contributed by atoms with E-state index in [1.165, 1.54) is 23.5 Å². The Hall–Kier alpha value is -4.84. The molecule has 0 saturated heterocycles. The van der Waals surface area contributed by atoms with Crippen molar-refractivity contribution < 1.29 is 9.59 Å². The summed E-state index contributed by atoms with van der Waals surface area (Å²) in [7, 11) is 0. The Bertz CT molecular complexity index is 1990. The van der Waals surface area contributed by atoms with Crippen molar-refractivity contribution in [3.8, 4) is 22.3 Å². The molecule has 1 aliphatic rings. The van der Waals surface area contributed by atoms with Crippen molar-refractivity contribution in [1.29, 1.82) is 0 Å². The number of hydrogen-bond donors (Lipinski definition) is 1. The first-order valence-electron chi connectivity index (χ1n) is 13.9. The van der Waals surface area contributed by atoms with Crippen LogP contribution in [0.3, 0.4) is 0 Å². The number of nitrogens with two attached hydrogens (primary N) is 1. The molecule has 0 amide bonds. The van der Waals surface area contributed by atoms with Crippen molar-refractivity contribution in [3.05, 3.63) is 162 Å². The Labute approximate surface area is 258 Å². The van der Waals surface area contributed by atoms with Crippen molar-refractivity contribution in [3.63, 3.8) is 0 Å². The molecule has 0 saturated carbocycles. The highest BCUT2D eigenvalue weighted by atomic mass is 32.2. The van der Waals surface area contributed by atoms with Gasteiger partial charge < -0.3 is 5.73 Å². The lowest BCUT2D eigenvalue weighted by Crippen LogP contribution is -2.24. The van der Waals surface area contributed by atoms with Gasteiger partial charge in [-0.1, -0.05) is 121 Å². The summed E-state index contributed by atoms with van der Waals surface area (Å²) in [6.07, 6.45) is 0. The summed E-state index contributed by atoms with van der Waals surface area (Å²) in [5.74, 6) is -0.393. The van der Waals surface area contributed by atoms with Crippen LogP contribution in [0.15, 0.2) is 159 Å². The molecule has 43 heavy (non-hydrogen) atoms. The zero-order valence-electron chi connectivity index (χ0n) is 23.0. The smallest absolute Gasteiger partial charge is 0.197 e. The summed E-state index contributed by atoms with van der Waals surface area (Å²) >= 11 is 2.95. The molecule has 206 valence electrons. The second kappa shape index (κ2) is 11.4. The fraction of sp³-hybridized carbons (Fsp3) is 0. The SMILES string of the molecule is Nc1ccc(Sc2ccc(-c3ccccc3)cc2)c2c1C(=O)c1c(Sc3ccc(-c4ccccc4)cc3)cccc1C2=O. The van der Waals surface area contributed by atoms with Crippen molar-refractivity contribution >= 4 is 40.8 Å². The Balaban J connectivity index is 1.20. The molecular formula is C38H25NO2S2. The zero-order chi connectivity index (χ0) is 29.3. The van der Waals surface area contributed by atoms with Gasteiger partial charge in [-0.2, -0.15) is 0 Å². The van der Waals surface area contributed by atoms with Crippen molar-refractivity contribution in [2.45, 2.75) is 19.6 Å². The minimum atomic E-state index is -0.215. The first kappa shape index (κ1) is 27.0. The monoisotopic (exact) mass is 591 g/mol. The second-order valence-corrected chi connectivity index (χ2v) is 12.5. The summed E-state index contributed by atoms with van der Waals surface area (Å²) in [4.78, 5) is 31.5. The highest BCUT2D eigenvalue weighted by molar-refractivity contribution is 7.99. The maximum atomic E-state index is 14.1. The summed E-state index contributed by atoms with van der Waals surface area (Å²) in [5, 5.41) is 0. The third-order valence-corrected chi connectivity index (χ3v) is 9.67. The molecule has 6 aromatic rings. The van der Waals surface area contributed by atoms with E-state index in [-0.39, 0.29) is 17.1 Å². The predicted octanol–water partition coefficient (Wildman–Crippen LogP) is 9.68. The Kier molecular flexibility index (Phi) is 7.19. The van der Waals surface area contributed by atoms with Crippen LogP contribution >= 0.6 is 23.5 Å². The summed E-state index contributed by atoms with van der Waals surface area (Å²) in [5.41, 5.74) is 12.7. The van der Waals surface area contributed by atoms with Crippen LogP contribution < -0.4 is 5.73 Å². The maximum absolute atomic E-state index is 14.1. The quantitative estimate of drug-likeness (QED) is 0.195. The van der Waals surface area contributed by atoms with Gasteiger partial charge >= 0.3 is 0 Å². The molecule has 0 bridgehead atoms. The lowest BCUT2D eigenvalue weighted by molar-refractivity contribution is 0.0975. The van der Waals surface area contributed by atoms with Gasteiger partial charge in [0.2, 0.25) is 0 Å². The zero-order valence-corrected chi connectivity index (χ0v) is 24.6. The van der Waals surface area contributed by atoms with Crippen molar-refractivity contribution in [2.24, 2.45) is 0 Å². The number of rotatable bonds is 6. The van der Waals surface area contributed by atoms with Crippen LogP contribution in [0.4, 0.5) is 5.69 Å². The van der Waals surface area contributed by atoms with Crippen LogP contribution in [0.5, 0.6) is 0 Å². The van der Waals surface area contributed by atoms with Crippen LogP contribution in [0.2, 0.25) is 0 Å². The lowest BCUT2D eigenvalue weighted by Gasteiger charge is -2.23. The molecule has 7 rings (SSSR count). The number of benzene rings is 6. The lowest BCUT2D eigenvalue weighted by atomic mass is 9.83. The molecule has 6 aromatic carbocycles. The van der Waals surface area contributed by atoms with Gasteiger partial charge in [-0.15, -0.1) is 0 Å². The molecule has 3 nitrogen and oxygen atoms in total. The molecular weight excluding hydrogens is 567 g/mol. The molecule has 0 aliphatic heterocycles. The third-order valence-electron chi connectivity index (χ3n) is 7.53.